The molecule has 0 bridgehead atoms. The van der Waals surface area contributed by atoms with E-state index in [2.05, 4.69) is 19.2 Å². The lowest BCUT2D eigenvalue weighted by molar-refractivity contribution is -0.172. The molecule has 4 aliphatic rings. The van der Waals surface area contributed by atoms with Gasteiger partial charge in [0.15, 0.2) is 5.60 Å². The highest BCUT2D eigenvalue weighted by molar-refractivity contribution is 5.94. The maximum atomic E-state index is 13.7. The maximum Gasteiger partial charge on any atom is 0.343 e. The summed E-state index contributed by atoms with van der Waals surface area (Å²) >= 11 is 0. The molecule has 1 unspecified atom stereocenters. The van der Waals surface area contributed by atoms with Gasteiger partial charge in [0.05, 0.1) is 35.1 Å². The van der Waals surface area contributed by atoms with Crippen LogP contribution in [0.5, 0.6) is 0 Å². The average molecular weight is 530 g/mol. The van der Waals surface area contributed by atoms with Gasteiger partial charge in [0.25, 0.3) is 5.56 Å². The molecule has 1 saturated carbocycles. The van der Waals surface area contributed by atoms with E-state index in [0.717, 1.165) is 46.9 Å². The van der Waals surface area contributed by atoms with Crippen LogP contribution in [0.2, 0.25) is 0 Å². The fourth-order valence-corrected chi connectivity index (χ4v) is 6.76. The Kier molecular flexibility index (Phi) is 5.16. The number of cyclic esters (lactones) is 1. The number of ether oxygens (including phenoxy) is 1. The van der Waals surface area contributed by atoms with Crippen LogP contribution < -0.4 is 10.9 Å². The number of nitrogens with one attached hydrogen (secondary N) is 1. The summed E-state index contributed by atoms with van der Waals surface area (Å²) in [6, 6.07) is 3.42. The standard InChI is InChI=1S/C30H31N3O6/c1-4-30(38)19-10-22-25-17(11-33(22)28(36)18(19)12-39-29(30)37)24-20(32-27(35)26(34)15-5-6-15)8-7-16-14(3)13(2)9-21(31-25)23(16)24/h9-10,15,20,26,34,38H,4-8,11-12H2,1-3H3,(H,32,35)/t20-,26?,30-/m0/s1. The largest absolute Gasteiger partial charge is 0.458 e. The van der Waals surface area contributed by atoms with Crippen LogP contribution in [0.3, 0.4) is 0 Å². The number of nitrogens with zero attached hydrogens (tertiary/aromatic N) is 2. The van der Waals surface area contributed by atoms with E-state index in [9.17, 15) is 24.6 Å². The summed E-state index contributed by atoms with van der Waals surface area (Å²) in [6.45, 7) is 5.92. The molecular weight excluding hydrogens is 498 g/mol. The summed E-state index contributed by atoms with van der Waals surface area (Å²) in [5.41, 5.74) is 5.59. The summed E-state index contributed by atoms with van der Waals surface area (Å²) < 4.78 is 6.84. The van der Waals surface area contributed by atoms with Gasteiger partial charge in [0.2, 0.25) is 5.91 Å². The Morgan fingerprint density at radius 1 is 1.21 bits per heavy atom. The summed E-state index contributed by atoms with van der Waals surface area (Å²) in [4.78, 5) is 44.4. The smallest absolute Gasteiger partial charge is 0.343 e. The van der Waals surface area contributed by atoms with E-state index in [4.69, 9.17) is 9.72 Å². The number of benzene rings is 1. The Balaban J connectivity index is 1.46. The first-order valence-corrected chi connectivity index (χ1v) is 13.7. The predicted octanol–water partition coefficient (Wildman–Crippen LogP) is 2.57. The van der Waals surface area contributed by atoms with Crippen LogP contribution >= 0.6 is 0 Å². The molecule has 2 aliphatic carbocycles. The van der Waals surface area contributed by atoms with E-state index >= 15 is 0 Å². The summed E-state index contributed by atoms with van der Waals surface area (Å²) in [6.07, 6.45) is 2.21. The second-order valence-corrected chi connectivity index (χ2v) is 11.5. The molecule has 9 heteroatoms. The zero-order valence-electron chi connectivity index (χ0n) is 22.3. The maximum absolute atomic E-state index is 13.7. The van der Waals surface area contributed by atoms with Crippen molar-refractivity contribution in [2.75, 3.05) is 0 Å². The molecule has 0 saturated heterocycles. The summed E-state index contributed by atoms with van der Waals surface area (Å²) in [5, 5.41) is 25.9. The highest BCUT2D eigenvalue weighted by Crippen LogP contribution is 2.46. The molecule has 1 aromatic carbocycles. The molecular formula is C30H31N3O6. The van der Waals surface area contributed by atoms with Crippen LogP contribution in [0.4, 0.5) is 0 Å². The Hall–Kier alpha value is -3.56. The number of aliphatic hydroxyl groups excluding tert-OH is 1. The molecule has 7 rings (SSSR count). The molecule has 3 N–H and O–H groups in total. The molecule has 3 atom stereocenters. The quantitative estimate of drug-likeness (QED) is 0.346. The number of pyridine rings is 2. The van der Waals surface area contributed by atoms with Crippen LogP contribution in [0.25, 0.3) is 22.3 Å². The van der Waals surface area contributed by atoms with Gasteiger partial charge in [-0.25, -0.2) is 9.78 Å². The molecule has 2 aliphatic heterocycles. The van der Waals surface area contributed by atoms with Gasteiger partial charge < -0.3 is 24.8 Å². The summed E-state index contributed by atoms with van der Waals surface area (Å²) in [7, 11) is 0. The van der Waals surface area contributed by atoms with E-state index in [0.29, 0.717) is 17.8 Å². The van der Waals surface area contributed by atoms with E-state index in [1.807, 2.05) is 6.07 Å². The van der Waals surface area contributed by atoms with Gasteiger partial charge in [-0.15, -0.1) is 0 Å². The first kappa shape index (κ1) is 24.5. The van der Waals surface area contributed by atoms with Crippen molar-refractivity contribution in [3.8, 4) is 11.4 Å². The zero-order valence-corrected chi connectivity index (χ0v) is 22.3. The molecule has 39 heavy (non-hydrogen) atoms. The van der Waals surface area contributed by atoms with Gasteiger partial charge in [-0.3, -0.25) is 9.59 Å². The Morgan fingerprint density at radius 2 is 1.97 bits per heavy atom. The number of carbonyl (C=O) groups excluding carboxylic acids is 2. The molecule has 1 amide bonds. The lowest BCUT2D eigenvalue weighted by Gasteiger charge is -2.31. The third-order valence-corrected chi connectivity index (χ3v) is 9.35. The number of fused-ring (bicyclic) bond motifs is 5. The molecule has 0 spiro atoms. The van der Waals surface area contributed by atoms with E-state index in [1.54, 1.807) is 17.6 Å². The number of carbonyl (C=O) groups is 2. The number of esters is 1. The van der Waals surface area contributed by atoms with E-state index < -0.39 is 17.7 Å². The number of aryl methyl sites for hydroxylation is 2. The number of hydrogen-bond donors (Lipinski definition) is 3. The van der Waals surface area contributed by atoms with Crippen molar-refractivity contribution in [3.63, 3.8) is 0 Å². The van der Waals surface area contributed by atoms with Crippen molar-refractivity contribution in [2.24, 2.45) is 5.92 Å². The third kappa shape index (κ3) is 3.32. The minimum atomic E-state index is -1.90. The topological polar surface area (TPSA) is 131 Å². The highest BCUT2D eigenvalue weighted by atomic mass is 16.6. The second kappa shape index (κ2) is 8.22. The van der Waals surface area contributed by atoms with Crippen molar-refractivity contribution in [1.82, 2.24) is 14.9 Å². The molecule has 202 valence electrons. The number of amides is 1. The fourth-order valence-electron chi connectivity index (χ4n) is 6.76. The number of rotatable bonds is 4. The fraction of sp³-hybridized carbons (Fsp3) is 0.467. The van der Waals surface area contributed by atoms with Gasteiger partial charge >= 0.3 is 5.97 Å². The van der Waals surface area contributed by atoms with Crippen molar-refractivity contribution in [1.29, 1.82) is 0 Å². The van der Waals surface area contributed by atoms with Gasteiger partial charge in [-0.1, -0.05) is 6.92 Å². The first-order chi connectivity index (χ1) is 18.6. The van der Waals surface area contributed by atoms with E-state index in [1.165, 1.54) is 11.1 Å². The minimum Gasteiger partial charge on any atom is -0.458 e. The van der Waals surface area contributed by atoms with Crippen LogP contribution in [-0.4, -0.2) is 37.7 Å². The van der Waals surface area contributed by atoms with Crippen molar-refractivity contribution >= 4 is 22.8 Å². The summed E-state index contributed by atoms with van der Waals surface area (Å²) in [5.74, 6) is -1.10. The lowest BCUT2D eigenvalue weighted by atomic mass is 9.80. The molecule has 3 aromatic rings. The number of aromatic nitrogens is 2. The van der Waals surface area contributed by atoms with Crippen molar-refractivity contribution in [2.45, 2.75) is 83.8 Å². The molecule has 0 radical (unpaired) electrons. The minimum absolute atomic E-state index is 0.0188. The van der Waals surface area contributed by atoms with Crippen LogP contribution in [0.1, 0.15) is 77.6 Å². The second-order valence-electron chi connectivity index (χ2n) is 11.5. The Labute approximate surface area is 224 Å². The monoisotopic (exact) mass is 529 g/mol. The Bertz CT molecular complexity index is 1690. The normalized spacial score (nSPS) is 23.6. The first-order valence-electron chi connectivity index (χ1n) is 13.7. The highest BCUT2D eigenvalue weighted by Gasteiger charge is 2.46. The molecule has 2 aromatic heterocycles. The molecule has 1 fully saturated rings. The van der Waals surface area contributed by atoms with Crippen LogP contribution in [0, 0.1) is 19.8 Å². The third-order valence-electron chi connectivity index (χ3n) is 9.35. The van der Waals surface area contributed by atoms with E-state index in [-0.39, 0.29) is 54.1 Å². The van der Waals surface area contributed by atoms with Crippen LogP contribution in [0.15, 0.2) is 16.9 Å². The number of aliphatic hydroxyl groups is 2. The van der Waals surface area contributed by atoms with Gasteiger partial charge in [-0.05, 0) is 86.3 Å². The molecule has 4 heterocycles. The van der Waals surface area contributed by atoms with Crippen molar-refractivity contribution < 1.29 is 24.5 Å². The van der Waals surface area contributed by atoms with Crippen LogP contribution in [-0.2, 0) is 39.5 Å². The number of hydrogen-bond acceptors (Lipinski definition) is 7. The SMILES string of the molecule is CC[C@@]1(O)C(=O)OCc2c1cc1n(c2=O)Cc2c-1nc1cc(C)c(C)c3c1c2[C@@H](NC(=O)C(O)C1CC1)CC3. The Morgan fingerprint density at radius 3 is 2.69 bits per heavy atom. The van der Waals surface area contributed by atoms with Gasteiger partial charge in [-0.2, -0.15) is 0 Å². The lowest BCUT2D eigenvalue weighted by Crippen LogP contribution is -2.44. The van der Waals surface area contributed by atoms with Crippen molar-refractivity contribution in [3.05, 3.63) is 61.4 Å². The van der Waals surface area contributed by atoms with Gasteiger partial charge in [0, 0.05) is 16.5 Å². The molecule has 9 nitrogen and oxygen atoms in total. The zero-order chi connectivity index (χ0) is 27.4. The average Bonchev–Trinajstić information content (AvgIpc) is 3.71. The van der Waals surface area contributed by atoms with Gasteiger partial charge in [0.1, 0.15) is 12.7 Å². The predicted molar refractivity (Wildman–Crippen MR) is 142 cm³/mol.